The first kappa shape index (κ1) is 38.5. The average Bonchev–Trinajstić information content (AvgIpc) is 3.12. The summed E-state index contributed by atoms with van der Waals surface area (Å²) in [5, 5.41) is 2.06. The number of nitrogens with zero attached hydrogens (tertiary/aromatic N) is 5. The Kier molecular flexibility index (Phi) is 10.4. The second-order valence-corrected chi connectivity index (χ2v) is 18.3. The van der Waals surface area contributed by atoms with Crippen LogP contribution in [0.5, 0.6) is 5.75 Å². The molecule has 1 aliphatic rings. The lowest BCUT2D eigenvalue weighted by atomic mass is 10.1. The molecular formula is C40H47N5O7S2. The van der Waals surface area contributed by atoms with E-state index in [0.717, 1.165) is 11.4 Å². The molecule has 6 rings (SSSR count). The highest BCUT2D eigenvalue weighted by Crippen LogP contribution is 2.41. The summed E-state index contributed by atoms with van der Waals surface area (Å²) in [6.45, 7) is 6.82. The number of hydrogen-bond donors (Lipinski definition) is 0. The van der Waals surface area contributed by atoms with E-state index in [4.69, 9.17) is 9.47 Å². The maximum absolute atomic E-state index is 15.3. The highest BCUT2D eigenvalue weighted by Gasteiger charge is 2.40. The summed E-state index contributed by atoms with van der Waals surface area (Å²) < 4.78 is 72.9. The van der Waals surface area contributed by atoms with Crippen molar-refractivity contribution >= 4 is 70.4 Å². The molecule has 1 aliphatic heterocycles. The lowest BCUT2D eigenvalue weighted by molar-refractivity contribution is 0.0240. The molecule has 0 radical (unpaired) electrons. The summed E-state index contributed by atoms with van der Waals surface area (Å²) >= 11 is 0. The van der Waals surface area contributed by atoms with Gasteiger partial charge in [0.1, 0.15) is 11.4 Å². The molecule has 54 heavy (non-hydrogen) atoms. The van der Waals surface area contributed by atoms with E-state index in [2.05, 4.69) is 0 Å². The fourth-order valence-electron chi connectivity index (χ4n) is 6.84. The van der Waals surface area contributed by atoms with E-state index in [0.29, 0.717) is 62.9 Å². The van der Waals surface area contributed by atoms with Crippen molar-refractivity contribution in [2.24, 2.45) is 0 Å². The van der Waals surface area contributed by atoms with Gasteiger partial charge in [0, 0.05) is 87.3 Å². The molecule has 0 spiro atoms. The molecule has 0 N–H and O–H groups in total. The van der Waals surface area contributed by atoms with Gasteiger partial charge in [0.05, 0.1) is 28.3 Å². The third-order valence-corrected chi connectivity index (χ3v) is 13.6. The third kappa shape index (κ3) is 7.19. The number of methoxy groups -OCH3 is 1. The van der Waals surface area contributed by atoms with Crippen LogP contribution in [0.3, 0.4) is 0 Å². The van der Waals surface area contributed by atoms with Gasteiger partial charge in [0.25, 0.3) is 20.0 Å². The van der Waals surface area contributed by atoms with Gasteiger partial charge in [0.15, 0.2) is 0 Å². The normalized spacial score (nSPS) is 13.9. The fourth-order valence-corrected chi connectivity index (χ4v) is 10.9. The molecule has 1 fully saturated rings. The Morgan fingerprint density at radius 2 is 1.11 bits per heavy atom. The van der Waals surface area contributed by atoms with Crippen molar-refractivity contribution in [3.8, 4) is 5.75 Å². The summed E-state index contributed by atoms with van der Waals surface area (Å²) in [4.78, 5) is 19.8. The number of sulfonamides is 2. The molecule has 0 unspecified atom stereocenters. The summed E-state index contributed by atoms with van der Waals surface area (Å²) in [5.74, 6) is 0.417. The molecular weight excluding hydrogens is 727 g/mol. The number of benzene rings is 5. The van der Waals surface area contributed by atoms with Crippen molar-refractivity contribution in [3.05, 3.63) is 91.0 Å². The molecule has 12 nitrogen and oxygen atoms in total. The number of rotatable bonds is 9. The lowest BCUT2D eigenvalue weighted by Crippen LogP contribution is -2.50. The number of piperazine rings is 1. The number of fused-ring (bicyclic) bond motifs is 2. The molecule has 1 amide bonds. The van der Waals surface area contributed by atoms with Crippen molar-refractivity contribution < 1.29 is 31.1 Å². The SMILES string of the molecule is COc1ccc(N(S(=O)(=O)c2cccc3c(N(C)C)cccc23)S(=O)(=O)c2cccc3c(N(C)C)cccc23)cc1N1CCN(C(=O)OC(C)(C)C)CC1. The molecule has 0 bridgehead atoms. The minimum absolute atomic E-state index is 0.0955. The van der Waals surface area contributed by atoms with Crippen LogP contribution in [0.2, 0.25) is 0 Å². The molecule has 14 heteroatoms. The van der Waals surface area contributed by atoms with Crippen LogP contribution < -0.4 is 23.1 Å². The number of carbonyl (C=O) groups is 1. The van der Waals surface area contributed by atoms with E-state index in [1.54, 1.807) is 47.4 Å². The predicted molar refractivity (Wildman–Crippen MR) is 216 cm³/mol. The Morgan fingerprint density at radius 1 is 0.648 bits per heavy atom. The predicted octanol–water partition coefficient (Wildman–Crippen LogP) is 6.77. The molecule has 0 aromatic heterocycles. The van der Waals surface area contributed by atoms with Gasteiger partial charge in [-0.1, -0.05) is 48.5 Å². The minimum atomic E-state index is -4.84. The van der Waals surface area contributed by atoms with E-state index >= 15 is 16.8 Å². The van der Waals surface area contributed by atoms with Gasteiger partial charge in [-0.05, 0) is 63.2 Å². The maximum atomic E-state index is 15.3. The van der Waals surface area contributed by atoms with Gasteiger partial charge >= 0.3 is 6.09 Å². The quantitative estimate of drug-likeness (QED) is 0.159. The van der Waals surface area contributed by atoms with Gasteiger partial charge in [-0.3, -0.25) is 0 Å². The number of hydrogen-bond acceptors (Lipinski definition) is 10. The van der Waals surface area contributed by atoms with Crippen molar-refractivity contribution in [2.75, 3.05) is 79.9 Å². The highest BCUT2D eigenvalue weighted by atomic mass is 32.3. The van der Waals surface area contributed by atoms with E-state index in [9.17, 15) is 4.79 Å². The van der Waals surface area contributed by atoms with Crippen LogP contribution in [0, 0.1) is 0 Å². The Labute approximate surface area is 318 Å². The third-order valence-electron chi connectivity index (χ3n) is 9.32. The second kappa shape index (κ2) is 14.6. The molecule has 0 saturated carbocycles. The Bertz CT molecular complexity index is 2320. The molecule has 1 heterocycles. The summed E-state index contributed by atoms with van der Waals surface area (Å²) in [7, 11) is -0.734. The van der Waals surface area contributed by atoms with Gasteiger partial charge in [-0.15, -0.1) is 0 Å². The summed E-state index contributed by atoms with van der Waals surface area (Å²) in [6, 6.07) is 24.9. The fraction of sp³-hybridized carbons (Fsp3) is 0.325. The zero-order valence-corrected chi connectivity index (χ0v) is 33.5. The van der Waals surface area contributed by atoms with Crippen LogP contribution in [0.1, 0.15) is 20.8 Å². The number of anilines is 4. The highest BCUT2D eigenvalue weighted by molar-refractivity contribution is 8.10. The largest absolute Gasteiger partial charge is 0.495 e. The first-order valence-electron chi connectivity index (χ1n) is 17.6. The molecule has 286 valence electrons. The Balaban J connectivity index is 1.54. The topological polar surface area (TPSA) is 120 Å². The van der Waals surface area contributed by atoms with Crippen molar-refractivity contribution in [2.45, 2.75) is 36.2 Å². The van der Waals surface area contributed by atoms with Gasteiger partial charge in [-0.25, -0.2) is 4.79 Å². The zero-order chi connectivity index (χ0) is 39.2. The minimum Gasteiger partial charge on any atom is -0.495 e. The zero-order valence-electron chi connectivity index (χ0n) is 31.9. The molecule has 5 aromatic carbocycles. The van der Waals surface area contributed by atoms with Crippen LogP contribution in [0.25, 0.3) is 21.5 Å². The lowest BCUT2D eigenvalue weighted by Gasteiger charge is -2.37. The van der Waals surface area contributed by atoms with Crippen molar-refractivity contribution in [1.29, 1.82) is 0 Å². The summed E-state index contributed by atoms with van der Waals surface area (Å²) in [6.07, 6.45) is -0.425. The van der Waals surface area contributed by atoms with Crippen LogP contribution in [0.15, 0.2) is 101 Å². The Morgan fingerprint density at radius 3 is 1.56 bits per heavy atom. The number of amides is 1. The average molecular weight is 774 g/mol. The Hall–Kier alpha value is -5.21. The van der Waals surface area contributed by atoms with Gasteiger partial charge in [-0.2, -0.15) is 20.5 Å². The van der Waals surface area contributed by atoms with E-state index in [1.807, 2.05) is 87.9 Å². The van der Waals surface area contributed by atoms with Crippen molar-refractivity contribution in [3.63, 3.8) is 0 Å². The maximum Gasteiger partial charge on any atom is 0.410 e. The first-order valence-corrected chi connectivity index (χ1v) is 20.4. The molecule has 1 saturated heterocycles. The second-order valence-electron chi connectivity index (χ2n) is 14.6. The molecule has 0 atom stereocenters. The van der Waals surface area contributed by atoms with Gasteiger partial charge in [0.2, 0.25) is 0 Å². The van der Waals surface area contributed by atoms with Crippen molar-refractivity contribution in [1.82, 2.24) is 4.90 Å². The number of carbonyl (C=O) groups excluding carboxylic acids is 1. The van der Waals surface area contributed by atoms with E-state index < -0.39 is 31.7 Å². The van der Waals surface area contributed by atoms with E-state index in [1.165, 1.54) is 31.4 Å². The molecule has 5 aromatic rings. The first-order chi connectivity index (χ1) is 25.5. The smallest absolute Gasteiger partial charge is 0.410 e. The van der Waals surface area contributed by atoms with Crippen LogP contribution in [-0.2, 0) is 24.8 Å². The van der Waals surface area contributed by atoms with E-state index in [-0.39, 0.29) is 15.5 Å². The van der Waals surface area contributed by atoms with Gasteiger partial charge < -0.3 is 29.1 Å². The standard InChI is InChI=1S/C40H47N5O7S2/c1-40(2,3)52-39(46)44-25-23-43(24-26-44)35-27-28(21-22-36(35)51-8)45(53(47,48)37-19-11-13-29-31(37)15-9-17-33(29)41(4)5)54(49,50)38-20-12-14-30-32(38)16-10-18-34(30)42(6)7/h9-22,27H,23-26H2,1-8H3. The monoisotopic (exact) mass is 773 g/mol. The van der Waals surface area contributed by atoms with Crippen LogP contribution >= 0.6 is 0 Å². The molecule has 0 aliphatic carbocycles. The number of ether oxygens (including phenoxy) is 2. The van der Waals surface area contributed by atoms with Crippen LogP contribution in [0.4, 0.5) is 27.5 Å². The summed E-state index contributed by atoms with van der Waals surface area (Å²) in [5.41, 5.74) is 1.29. The van der Waals surface area contributed by atoms with Crippen LogP contribution in [-0.4, -0.2) is 94.9 Å².